The molecule has 3 unspecified atom stereocenters. The summed E-state index contributed by atoms with van der Waals surface area (Å²) in [6.45, 7) is 1.16. The van der Waals surface area contributed by atoms with Gasteiger partial charge in [0.15, 0.2) is 0 Å². The van der Waals surface area contributed by atoms with E-state index in [4.69, 9.17) is 32.7 Å². The lowest BCUT2D eigenvalue weighted by atomic mass is 9.90. The first kappa shape index (κ1) is 16.5. The van der Waals surface area contributed by atoms with Gasteiger partial charge in [-0.25, -0.2) is 13.1 Å². The van der Waals surface area contributed by atoms with E-state index in [1.807, 2.05) is 0 Å². The summed E-state index contributed by atoms with van der Waals surface area (Å²) in [6, 6.07) is 4.43. The molecule has 1 aromatic carbocycles. The number of benzene rings is 1. The second-order valence-corrected chi connectivity index (χ2v) is 7.97. The summed E-state index contributed by atoms with van der Waals surface area (Å²) in [6.07, 6.45) is 2.07. The molecule has 5 nitrogen and oxygen atoms in total. The Morgan fingerprint density at radius 3 is 2.36 bits per heavy atom. The number of hydrogen-bond donors (Lipinski definition) is 1. The number of ether oxygens (including phenoxy) is 2. The number of hydrogen-bond acceptors (Lipinski definition) is 4. The second kappa shape index (κ2) is 6.63. The Hall–Kier alpha value is -0.370. The van der Waals surface area contributed by atoms with E-state index in [-0.39, 0.29) is 33.2 Å². The smallest absolute Gasteiger partial charge is 0.243 e. The van der Waals surface area contributed by atoms with Crippen LogP contribution in [0.2, 0.25) is 10.0 Å². The van der Waals surface area contributed by atoms with E-state index in [1.165, 1.54) is 12.1 Å². The number of halogens is 2. The molecule has 1 saturated carbocycles. The van der Waals surface area contributed by atoms with Gasteiger partial charge in [-0.1, -0.05) is 29.3 Å². The molecule has 1 aliphatic heterocycles. The zero-order valence-electron chi connectivity index (χ0n) is 11.8. The van der Waals surface area contributed by atoms with Gasteiger partial charge in [-0.2, -0.15) is 0 Å². The third-order valence-electron chi connectivity index (χ3n) is 3.99. The van der Waals surface area contributed by atoms with Crippen molar-refractivity contribution in [1.82, 2.24) is 4.72 Å². The number of sulfonamides is 1. The van der Waals surface area contributed by atoms with Crippen molar-refractivity contribution in [2.45, 2.75) is 42.4 Å². The van der Waals surface area contributed by atoms with Crippen LogP contribution in [0.4, 0.5) is 0 Å². The van der Waals surface area contributed by atoms with E-state index in [0.717, 1.165) is 6.42 Å². The molecule has 22 heavy (non-hydrogen) atoms. The second-order valence-electron chi connectivity index (χ2n) is 5.50. The molecule has 3 rings (SSSR count). The Labute approximate surface area is 139 Å². The maximum absolute atomic E-state index is 12.6. The van der Waals surface area contributed by atoms with E-state index in [1.54, 1.807) is 6.07 Å². The first-order valence-electron chi connectivity index (χ1n) is 7.17. The van der Waals surface area contributed by atoms with Gasteiger partial charge in [0.05, 0.1) is 35.5 Å². The summed E-state index contributed by atoms with van der Waals surface area (Å²) < 4.78 is 39.1. The predicted molar refractivity (Wildman–Crippen MR) is 83.9 cm³/mol. The summed E-state index contributed by atoms with van der Waals surface area (Å²) in [5.41, 5.74) is 0. The Morgan fingerprint density at radius 2 is 1.68 bits per heavy atom. The molecule has 0 bridgehead atoms. The highest BCUT2D eigenvalue weighted by Gasteiger charge is 2.36. The van der Waals surface area contributed by atoms with Gasteiger partial charge in [0.1, 0.15) is 4.90 Å². The third-order valence-corrected chi connectivity index (χ3v) is 6.46. The summed E-state index contributed by atoms with van der Waals surface area (Å²) in [4.78, 5) is -0.0683. The molecule has 1 N–H and O–H groups in total. The molecular weight excluding hydrogens is 349 g/mol. The molecule has 2 fully saturated rings. The summed E-state index contributed by atoms with van der Waals surface area (Å²) in [7, 11) is -3.77. The molecule has 1 saturated heterocycles. The molecule has 0 amide bonds. The van der Waals surface area contributed by atoms with E-state index in [2.05, 4.69) is 4.72 Å². The molecule has 1 aliphatic carbocycles. The predicted octanol–water partition coefficient (Wildman–Crippen LogP) is 2.61. The van der Waals surface area contributed by atoms with Gasteiger partial charge in [-0.05, 0) is 31.4 Å². The van der Waals surface area contributed by atoms with Crippen LogP contribution in [0.1, 0.15) is 19.3 Å². The molecule has 1 aromatic rings. The number of nitrogens with one attached hydrogen (secondary N) is 1. The number of fused-ring (bicyclic) bond motifs is 1. The lowest BCUT2D eigenvalue weighted by Gasteiger charge is -2.38. The molecule has 0 aromatic heterocycles. The van der Waals surface area contributed by atoms with Crippen LogP contribution < -0.4 is 4.72 Å². The van der Waals surface area contributed by atoms with E-state index >= 15 is 0 Å². The fraction of sp³-hybridized carbons (Fsp3) is 0.571. The van der Waals surface area contributed by atoms with Crippen molar-refractivity contribution in [1.29, 1.82) is 0 Å². The molecule has 0 spiro atoms. The standard InChI is InChI=1S/C14H17Cl2NO4S/c15-10-2-1-3-11(16)14(10)22(18,19)17-9-4-5-12-13(8-9)21-7-6-20-12/h1-3,9,12-13,17H,4-8H2. The van der Waals surface area contributed by atoms with Gasteiger partial charge in [0.25, 0.3) is 0 Å². The van der Waals surface area contributed by atoms with Gasteiger partial charge in [-0.3, -0.25) is 0 Å². The van der Waals surface area contributed by atoms with E-state index < -0.39 is 10.0 Å². The molecule has 3 atom stereocenters. The highest BCUT2D eigenvalue weighted by atomic mass is 35.5. The van der Waals surface area contributed by atoms with Gasteiger partial charge >= 0.3 is 0 Å². The van der Waals surface area contributed by atoms with Gasteiger partial charge < -0.3 is 9.47 Å². The summed E-state index contributed by atoms with van der Waals surface area (Å²) in [5.74, 6) is 0. The average Bonchev–Trinajstić information content (AvgIpc) is 2.46. The van der Waals surface area contributed by atoms with Gasteiger partial charge in [0, 0.05) is 6.04 Å². The van der Waals surface area contributed by atoms with Crippen LogP contribution in [0.3, 0.4) is 0 Å². The van der Waals surface area contributed by atoms with Crippen molar-refractivity contribution in [3.8, 4) is 0 Å². The summed E-state index contributed by atoms with van der Waals surface area (Å²) >= 11 is 12.0. The fourth-order valence-electron chi connectivity index (χ4n) is 2.99. The molecular formula is C14H17Cl2NO4S. The Bertz CT molecular complexity index is 632. The van der Waals surface area contributed by atoms with E-state index in [0.29, 0.717) is 26.1 Å². The van der Waals surface area contributed by atoms with Crippen LogP contribution in [0.25, 0.3) is 0 Å². The maximum atomic E-state index is 12.6. The molecule has 1 heterocycles. The van der Waals surface area contributed by atoms with Crippen LogP contribution in [-0.4, -0.2) is 39.9 Å². The Kier molecular flexibility index (Phi) is 4.97. The molecule has 2 aliphatic rings. The Balaban J connectivity index is 1.75. The molecule has 122 valence electrons. The Morgan fingerprint density at radius 1 is 1.05 bits per heavy atom. The fourth-order valence-corrected chi connectivity index (χ4v) is 5.42. The lowest BCUT2D eigenvalue weighted by molar-refractivity contribution is -0.156. The third kappa shape index (κ3) is 3.42. The molecule has 0 radical (unpaired) electrons. The minimum Gasteiger partial charge on any atom is -0.373 e. The van der Waals surface area contributed by atoms with Crippen molar-refractivity contribution in [3.63, 3.8) is 0 Å². The van der Waals surface area contributed by atoms with Crippen LogP contribution in [0.5, 0.6) is 0 Å². The zero-order valence-corrected chi connectivity index (χ0v) is 14.1. The van der Waals surface area contributed by atoms with Gasteiger partial charge in [-0.15, -0.1) is 0 Å². The monoisotopic (exact) mass is 365 g/mol. The molecule has 8 heteroatoms. The SMILES string of the molecule is O=S(=O)(NC1CCC2OCCOC2C1)c1c(Cl)cccc1Cl. The van der Waals surface area contributed by atoms with Crippen LogP contribution in [0, 0.1) is 0 Å². The topological polar surface area (TPSA) is 64.6 Å². The van der Waals surface area contributed by atoms with Crippen LogP contribution in [0.15, 0.2) is 23.1 Å². The normalized spacial score (nSPS) is 29.1. The van der Waals surface area contributed by atoms with Crippen LogP contribution >= 0.6 is 23.2 Å². The largest absolute Gasteiger partial charge is 0.373 e. The van der Waals surface area contributed by atoms with Crippen molar-refractivity contribution < 1.29 is 17.9 Å². The van der Waals surface area contributed by atoms with Crippen molar-refractivity contribution >= 4 is 33.2 Å². The number of rotatable bonds is 3. The van der Waals surface area contributed by atoms with Crippen LogP contribution in [-0.2, 0) is 19.5 Å². The first-order valence-corrected chi connectivity index (χ1v) is 9.41. The van der Waals surface area contributed by atoms with E-state index in [9.17, 15) is 8.42 Å². The highest BCUT2D eigenvalue weighted by molar-refractivity contribution is 7.89. The quantitative estimate of drug-likeness (QED) is 0.893. The van der Waals surface area contributed by atoms with Crippen molar-refractivity contribution in [3.05, 3.63) is 28.2 Å². The minimum absolute atomic E-state index is 0.0584. The minimum atomic E-state index is -3.77. The summed E-state index contributed by atoms with van der Waals surface area (Å²) in [5, 5.41) is 0.233. The highest BCUT2D eigenvalue weighted by Crippen LogP contribution is 2.31. The van der Waals surface area contributed by atoms with Crippen molar-refractivity contribution in [2.24, 2.45) is 0 Å². The van der Waals surface area contributed by atoms with Crippen molar-refractivity contribution in [2.75, 3.05) is 13.2 Å². The van der Waals surface area contributed by atoms with Gasteiger partial charge in [0.2, 0.25) is 10.0 Å². The average molecular weight is 366 g/mol. The zero-order chi connectivity index (χ0) is 15.7. The lowest BCUT2D eigenvalue weighted by Crippen LogP contribution is -2.49. The first-order chi connectivity index (χ1) is 10.5. The maximum Gasteiger partial charge on any atom is 0.243 e.